The van der Waals surface area contributed by atoms with Gasteiger partial charge in [0.05, 0.1) is 5.56 Å². The van der Waals surface area contributed by atoms with Crippen LogP contribution in [0.1, 0.15) is 51.1 Å². The predicted octanol–water partition coefficient (Wildman–Crippen LogP) is 3.48. The van der Waals surface area contributed by atoms with Crippen molar-refractivity contribution in [3.63, 3.8) is 0 Å². The molecule has 25 heavy (non-hydrogen) atoms. The molecule has 0 unspecified atom stereocenters. The summed E-state index contributed by atoms with van der Waals surface area (Å²) in [7, 11) is 0. The molecule has 0 saturated carbocycles. The normalized spacial score (nSPS) is 12.5. The Kier molecular flexibility index (Phi) is 4.93. The van der Waals surface area contributed by atoms with Gasteiger partial charge in [-0.3, -0.25) is 9.59 Å². The highest BCUT2D eigenvalue weighted by atomic mass is 16.4. The zero-order valence-corrected chi connectivity index (χ0v) is 13.7. The number of anilines is 1. The smallest absolute Gasteiger partial charge is 0.335 e. The second-order valence-corrected chi connectivity index (χ2v) is 6.19. The lowest BCUT2D eigenvalue weighted by atomic mass is 10.0. The number of rotatable bonds is 6. The highest BCUT2D eigenvalue weighted by Gasteiger charge is 2.15. The summed E-state index contributed by atoms with van der Waals surface area (Å²) in [6.45, 7) is 0. The number of carboxylic acid groups (broad SMARTS) is 1. The third kappa shape index (κ3) is 4.12. The van der Waals surface area contributed by atoms with E-state index in [0.29, 0.717) is 11.3 Å². The third-order valence-corrected chi connectivity index (χ3v) is 4.39. The largest absolute Gasteiger partial charge is 0.478 e. The maximum absolute atomic E-state index is 12.3. The quantitative estimate of drug-likeness (QED) is 0.791. The van der Waals surface area contributed by atoms with Crippen molar-refractivity contribution >= 4 is 23.3 Å². The van der Waals surface area contributed by atoms with Gasteiger partial charge in [-0.1, -0.05) is 18.2 Å². The fraction of sp³-hybridized carbons (Fsp3) is 0.250. The van der Waals surface area contributed by atoms with Crippen LogP contribution < -0.4 is 5.32 Å². The van der Waals surface area contributed by atoms with Crippen molar-refractivity contribution in [1.29, 1.82) is 0 Å². The molecule has 2 N–H and O–H groups in total. The molecule has 0 atom stereocenters. The summed E-state index contributed by atoms with van der Waals surface area (Å²) in [4.78, 5) is 35.2. The molecule has 1 aliphatic rings. The molecule has 3 rings (SSSR count). The SMILES string of the molecule is O=C(CCC(=O)c1ccc2c(c1)CCC2)Nc1cccc(C(=O)O)c1. The minimum atomic E-state index is -1.05. The second kappa shape index (κ2) is 7.30. The summed E-state index contributed by atoms with van der Waals surface area (Å²) in [5.41, 5.74) is 3.72. The summed E-state index contributed by atoms with van der Waals surface area (Å²) >= 11 is 0. The molecule has 1 amide bonds. The Bertz CT molecular complexity index is 841. The highest BCUT2D eigenvalue weighted by Crippen LogP contribution is 2.23. The van der Waals surface area contributed by atoms with Gasteiger partial charge in [-0.15, -0.1) is 0 Å². The van der Waals surface area contributed by atoms with Crippen molar-refractivity contribution in [3.8, 4) is 0 Å². The third-order valence-electron chi connectivity index (χ3n) is 4.39. The lowest BCUT2D eigenvalue weighted by Gasteiger charge is -2.07. The minimum Gasteiger partial charge on any atom is -0.478 e. The van der Waals surface area contributed by atoms with Gasteiger partial charge >= 0.3 is 5.97 Å². The highest BCUT2D eigenvalue weighted by molar-refractivity contribution is 6.00. The minimum absolute atomic E-state index is 0.0517. The first-order valence-corrected chi connectivity index (χ1v) is 8.31. The lowest BCUT2D eigenvalue weighted by molar-refractivity contribution is -0.116. The predicted molar refractivity (Wildman–Crippen MR) is 94.1 cm³/mol. The number of ketones is 1. The first-order valence-electron chi connectivity index (χ1n) is 8.31. The van der Waals surface area contributed by atoms with Gasteiger partial charge in [0.2, 0.25) is 5.91 Å². The number of nitrogens with one attached hydrogen (secondary N) is 1. The molecule has 0 aromatic heterocycles. The van der Waals surface area contributed by atoms with Gasteiger partial charge in [0.25, 0.3) is 0 Å². The molecular weight excluding hydrogens is 318 g/mol. The standard InChI is InChI=1S/C20H19NO4/c22-18(15-8-7-13-3-1-4-14(13)11-15)9-10-19(23)21-17-6-2-5-16(12-17)20(24)25/h2,5-8,11-12H,1,3-4,9-10H2,(H,21,23)(H,24,25). The van der Waals surface area contributed by atoms with Crippen molar-refractivity contribution in [3.05, 3.63) is 64.7 Å². The van der Waals surface area contributed by atoms with Crippen molar-refractivity contribution < 1.29 is 19.5 Å². The monoisotopic (exact) mass is 337 g/mol. The summed E-state index contributed by atoms with van der Waals surface area (Å²) in [6, 6.07) is 11.8. The Morgan fingerprint density at radius 1 is 0.920 bits per heavy atom. The average molecular weight is 337 g/mol. The van der Waals surface area contributed by atoms with E-state index < -0.39 is 5.97 Å². The van der Waals surface area contributed by atoms with Crippen LogP contribution >= 0.6 is 0 Å². The summed E-state index contributed by atoms with van der Waals surface area (Å²) in [5, 5.41) is 11.6. The second-order valence-electron chi connectivity index (χ2n) is 6.19. The Morgan fingerprint density at radius 2 is 1.72 bits per heavy atom. The van der Waals surface area contributed by atoms with Crippen LogP contribution in [0.3, 0.4) is 0 Å². The van der Waals surface area contributed by atoms with E-state index in [2.05, 4.69) is 5.32 Å². The number of fused-ring (bicyclic) bond motifs is 1. The van der Waals surface area contributed by atoms with Crippen LogP contribution in [-0.4, -0.2) is 22.8 Å². The van der Waals surface area contributed by atoms with E-state index >= 15 is 0 Å². The van der Waals surface area contributed by atoms with Crippen molar-refractivity contribution in [2.24, 2.45) is 0 Å². The van der Waals surface area contributed by atoms with Gasteiger partial charge in [0.15, 0.2) is 5.78 Å². The number of hydrogen-bond donors (Lipinski definition) is 2. The first-order chi connectivity index (χ1) is 12.0. The van der Waals surface area contributed by atoms with Crippen molar-refractivity contribution in [2.75, 3.05) is 5.32 Å². The molecule has 1 aliphatic carbocycles. The number of aromatic carboxylic acids is 1. The Balaban J connectivity index is 1.56. The molecule has 0 radical (unpaired) electrons. The lowest BCUT2D eigenvalue weighted by Crippen LogP contribution is -2.14. The Labute approximate surface area is 145 Å². The van der Waals surface area contributed by atoms with Crippen LogP contribution in [0.15, 0.2) is 42.5 Å². The van der Waals surface area contributed by atoms with Crippen molar-refractivity contribution in [2.45, 2.75) is 32.1 Å². The zero-order valence-electron chi connectivity index (χ0n) is 13.7. The zero-order chi connectivity index (χ0) is 17.8. The van der Waals surface area contributed by atoms with Crippen LogP contribution in [-0.2, 0) is 17.6 Å². The van der Waals surface area contributed by atoms with Gasteiger partial charge in [-0.05, 0) is 54.7 Å². The maximum atomic E-state index is 12.3. The summed E-state index contributed by atoms with van der Waals surface area (Å²) < 4.78 is 0. The molecule has 5 heteroatoms. The van der Waals surface area contributed by atoms with Gasteiger partial charge in [0, 0.05) is 24.1 Å². The molecule has 0 bridgehead atoms. The molecular formula is C20H19NO4. The fourth-order valence-electron chi connectivity index (χ4n) is 3.07. The Morgan fingerprint density at radius 3 is 2.52 bits per heavy atom. The van der Waals surface area contributed by atoms with E-state index in [1.807, 2.05) is 18.2 Å². The number of carbonyl (C=O) groups excluding carboxylic acids is 2. The van der Waals surface area contributed by atoms with Gasteiger partial charge in [-0.2, -0.15) is 0 Å². The number of carboxylic acids is 1. The van der Waals surface area contributed by atoms with E-state index in [1.165, 1.54) is 23.3 Å². The number of carbonyl (C=O) groups is 3. The number of Topliss-reactive ketones (excluding diaryl/α,β-unsaturated/α-hetero) is 1. The van der Waals surface area contributed by atoms with Crippen LogP contribution in [0.25, 0.3) is 0 Å². The topological polar surface area (TPSA) is 83.5 Å². The number of amides is 1. The molecule has 0 fully saturated rings. The van der Waals surface area contributed by atoms with Gasteiger partial charge in [-0.25, -0.2) is 4.79 Å². The maximum Gasteiger partial charge on any atom is 0.335 e. The fourth-order valence-corrected chi connectivity index (χ4v) is 3.07. The van der Waals surface area contributed by atoms with E-state index in [9.17, 15) is 14.4 Å². The molecule has 0 heterocycles. The summed E-state index contributed by atoms with van der Waals surface area (Å²) in [5.74, 6) is -1.41. The molecule has 5 nitrogen and oxygen atoms in total. The van der Waals surface area contributed by atoms with Crippen LogP contribution in [0, 0.1) is 0 Å². The molecule has 128 valence electrons. The molecule has 0 spiro atoms. The van der Waals surface area contributed by atoms with Crippen LogP contribution in [0.5, 0.6) is 0 Å². The van der Waals surface area contributed by atoms with E-state index in [0.717, 1.165) is 19.3 Å². The summed E-state index contributed by atoms with van der Waals surface area (Å²) in [6.07, 6.45) is 3.40. The average Bonchev–Trinajstić information content (AvgIpc) is 3.07. The van der Waals surface area contributed by atoms with E-state index in [4.69, 9.17) is 5.11 Å². The number of benzene rings is 2. The molecule has 0 saturated heterocycles. The number of aryl methyl sites for hydroxylation is 2. The molecule has 2 aromatic carbocycles. The first kappa shape index (κ1) is 16.9. The van der Waals surface area contributed by atoms with E-state index in [-0.39, 0.29) is 30.1 Å². The van der Waals surface area contributed by atoms with E-state index in [1.54, 1.807) is 12.1 Å². The van der Waals surface area contributed by atoms with Crippen LogP contribution in [0.4, 0.5) is 5.69 Å². The van der Waals surface area contributed by atoms with Gasteiger partial charge in [0.1, 0.15) is 0 Å². The molecule has 2 aromatic rings. The molecule has 0 aliphatic heterocycles. The van der Waals surface area contributed by atoms with Crippen LogP contribution in [0.2, 0.25) is 0 Å². The Hall–Kier alpha value is -2.95. The van der Waals surface area contributed by atoms with Gasteiger partial charge < -0.3 is 10.4 Å². The van der Waals surface area contributed by atoms with Crippen molar-refractivity contribution in [1.82, 2.24) is 0 Å². The number of hydrogen-bond acceptors (Lipinski definition) is 3.